The summed E-state index contributed by atoms with van der Waals surface area (Å²) in [4.78, 5) is 0. The van der Waals surface area contributed by atoms with Crippen LogP contribution in [0.25, 0.3) is 16.8 Å². The first-order chi connectivity index (χ1) is 7.81. The maximum absolute atomic E-state index is 3.91. The van der Waals surface area contributed by atoms with Crippen molar-refractivity contribution in [3.8, 4) is 0 Å². The van der Waals surface area contributed by atoms with Gasteiger partial charge in [0.25, 0.3) is 0 Å². The third kappa shape index (κ3) is 1.65. The molecule has 0 amide bonds. The van der Waals surface area contributed by atoms with Crippen molar-refractivity contribution >= 4 is 16.8 Å². The molecule has 0 aliphatic rings. The Morgan fingerprint density at radius 1 is 1.00 bits per heavy atom. The normalized spacial score (nSPS) is 10.6. The number of rotatable bonds is 3. The average Bonchev–Trinajstić information content (AvgIpc) is 2.36. The van der Waals surface area contributed by atoms with Crippen LogP contribution >= 0.6 is 0 Å². The van der Waals surface area contributed by atoms with Crippen LogP contribution in [-0.4, -0.2) is 0 Å². The number of hydrogen-bond donors (Lipinski definition) is 0. The topological polar surface area (TPSA) is 0 Å². The van der Waals surface area contributed by atoms with Gasteiger partial charge in [0.05, 0.1) is 0 Å². The highest BCUT2D eigenvalue weighted by molar-refractivity contribution is 5.95. The molecular weight excluding hydrogens is 192 g/mol. The Morgan fingerprint density at radius 3 is 2.31 bits per heavy atom. The third-order valence-electron chi connectivity index (χ3n) is 3.23. The van der Waals surface area contributed by atoms with Gasteiger partial charge in [-0.3, -0.25) is 0 Å². The Bertz CT molecular complexity index is 521. The van der Waals surface area contributed by atoms with Crippen LogP contribution in [0.3, 0.4) is 0 Å². The lowest BCUT2D eigenvalue weighted by molar-refractivity contribution is 1.13. The van der Waals surface area contributed by atoms with Crippen molar-refractivity contribution in [1.29, 1.82) is 0 Å². The van der Waals surface area contributed by atoms with Gasteiger partial charge in [-0.15, -0.1) is 0 Å². The van der Waals surface area contributed by atoms with Gasteiger partial charge in [-0.1, -0.05) is 56.8 Å². The van der Waals surface area contributed by atoms with E-state index in [1.54, 1.807) is 0 Å². The molecule has 0 atom stereocenters. The summed E-state index contributed by atoms with van der Waals surface area (Å²) in [7, 11) is 0. The molecule has 0 unspecified atom stereocenters. The number of fused-ring (bicyclic) bond motifs is 1. The Morgan fingerprint density at radius 2 is 1.69 bits per heavy atom. The first kappa shape index (κ1) is 10.9. The van der Waals surface area contributed by atoms with E-state index in [0.717, 1.165) is 12.8 Å². The highest BCUT2D eigenvalue weighted by Gasteiger charge is 2.06. The first-order valence-corrected chi connectivity index (χ1v) is 5.97. The molecule has 16 heavy (non-hydrogen) atoms. The summed E-state index contributed by atoms with van der Waals surface area (Å²) in [6, 6.07) is 11.0. The summed E-state index contributed by atoms with van der Waals surface area (Å²) in [5.41, 5.74) is 4.10. The molecular formula is C16H18. The van der Waals surface area contributed by atoms with E-state index in [4.69, 9.17) is 0 Å². The van der Waals surface area contributed by atoms with Crippen LogP contribution in [0.4, 0.5) is 0 Å². The molecule has 82 valence electrons. The fourth-order valence-corrected chi connectivity index (χ4v) is 2.34. The van der Waals surface area contributed by atoms with Crippen LogP contribution in [0.2, 0.25) is 0 Å². The second kappa shape index (κ2) is 4.52. The zero-order valence-electron chi connectivity index (χ0n) is 10.1. The highest BCUT2D eigenvalue weighted by Crippen LogP contribution is 2.27. The number of hydrogen-bond acceptors (Lipinski definition) is 0. The van der Waals surface area contributed by atoms with Crippen molar-refractivity contribution in [3.63, 3.8) is 0 Å². The molecule has 0 heterocycles. The van der Waals surface area contributed by atoms with E-state index in [9.17, 15) is 0 Å². The van der Waals surface area contributed by atoms with E-state index in [2.05, 4.69) is 50.8 Å². The van der Waals surface area contributed by atoms with Crippen molar-refractivity contribution in [2.45, 2.75) is 26.7 Å². The minimum absolute atomic E-state index is 1.07. The second-order valence-corrected chi connectivity index (χ2v) is 4.06. The van der Waals surface area contributed by atoms with Crippen molar-refractivity contribution in [2.24, 2.45) is 0 Å². The fourth-order valence-electron chi connectivity index (χ4n) is 2.34. The van der Waals surface area contributed by atoms with Gasteiger partial charge in [-0.2, -0.15) is 0 Å². The smallest absolute Gasteiger partial charge is 0.00769 e. The molecule has 0 radical (unpaired) electrons. The average molecular weight is 210 g/mol. The van der Waals surface area contributed by atoms with Crippen molar-refractivity contribution in [1.82, 2.24) is 0 Å². The van der Waals surface area contributed by atoms with Gasteiger partial charge < -0.3 is 0 Å². The van der Waals surface area contributed by atoms with Crippen LogP contribution < -0.4 is 0 Å². The van der Waals surface area contributed by atoms with Crippen LogP contribution in [0.1, 0.15) is 30.5 Å². The van der Waals surface area contributed by atoms with Crippen LogP contribution in [0, 0.1) is 0 Å². The van der Waals surface area contributed by atoms with Gasteiger partial charge in [0.15, 0.2) is 0 Å². The van der Waals surface area contributed by atoms with Crippen molar-refractivity contribution in [2.75, 3.05) is 0 Å². The molecule has 2 aromatic rings. The van der Waals surface area contributed by atoms with Gasteiger partial charge >= 0.3 is 0 Å². The van der Waals surface area contributed by atoms with Gasteiger partial charge in [-0.05, 0) is 40.3 Å². The highest BCUT2D eigenvalue weighted by atomic mass is 14.1. The Balaban J connectivity index is 2.89. The molecule has 0 nitrogen and oxygen atoms in total. The predicted octanol–water partition coefficient (Wildman–Crippen LogP) is 4.61. The van der Waals surface area contributed by atoms with E-state index < -0.39 is 0 Å². The minimum atomic E-state index is 1.07. The standard InChI is InChI=1S/C16H18/c1-4-12-10-11-14(6-3)16-13(5-2)8-7-9-15(12)16/h5,7-11H,2,4,6H2,1,3H3. The van der Waals surface area contributed by atoms with Gasteiger partial charge in [0.1, 0.15) is 0 Å². The Kier molecular flexibility index (Phi) is 3.09. The van der Waals surface area contributed by atoms with Crippen LogP contribution in [-0.2, 0) is 12.8 Å². The first-order valence-electron chi connectivity index (χ1n) is 5.97. The van der Waals surface area contributed by atoms with Gasteiger partial charge in [-0.25, -0.2) is 0 Å². The molecule has 0 aromatic heterocycles. The van der Waals surface area contributed by atoms with Crippen LogP contribution in [0.15, 0.2) is 36.9 Å². The van der Waals surface area contributed by atoms with E-state index in [1.807, 2.05) is 6.08 Å². The van der Waals surface area contributed by atoms with Gasteiger partial charge in [0.2, 0.25) is 0 Å². The maximum atomic E-state index is 3.91. The van der Waals surface area contributed by atoms with E-state index in [1.165, 1.54) is 27.5 Å². The molecule has 0 aliphatic heterocycles. The monoisotopic (exact) mass is 210 g/mol. The molecule has 2 rings (SSSR count). The molecule has 0 saturated carbocycles. The summed E-state index contributed by atoms with van der Waals surface area (Å²) in [6.07, 6.45) is 4.12. The molecule has 0 fully saturated rings. The summed E-state index contributed by atoms with van der Waals surface area (Å²) in [6.45, 7) is 8.33. The summed E-state index contributed by atoms with van der Waals surface area (Å²) < 4.78 is 0. The zero-order chi connectivity index (χ0) is 11.5. The van der Waals surface area contributed by atoms with Gasteiger partial charge in [0, 0.05) is 0 Å². The second-order valence-electron chi connectivity index (χ2n) is 4.06. The molecule has 0 spiro atoms. The molecule has 0 heteroatoms. The molecule has 0 aliphatic carbocycles. The maximum Gasteiger partial charge on any atom is -0.00769 e. The lowest BCUT2D eigenvalue weighted by Gasteiger charge is -2.11. The van der Waals surface area contributed by atoms with Crippen molar-refractivity contribution in [3.05, 3.63) is 53.6 Å². The fraction of sp³-hybridized carbons (Fsp3) is 0.250. The molecule has 0 bridgehead atoms. The summed E-state index contributed by atoms with van der Waals surface area (Å²) >= 11 is 0. The SMILES string of the molecule is C=Cc1cccc2c(CC)ccc(CC)c12. The zero-order valence-corrected chi connectivity index (χ0v) is 10.1. The lowest BCUT2D eigenvalue weighted by atomic mass is 9.93. The Hall–Kier alpha value is -1.56. The van der Waals surface area contributed by atoms with Crippen molar-refractivity contribution < 1.29 is 0 Å². The summed E-state index contributed by atoms with van der Waals surface area (Å²) in [5, 5.41) is 2.78. The Labute approximate surface area is 97.6 Å². The predicted molar refractivity (Wildman–Crippen MR) is 72.8 cm³/mol. The van der Waals surface area contributed by atoms with E-state index >= 15 is 0 Å². The third-order valence-corrected chi connectivity index (χ3v) is 3.23. The van der Waals surface area contributed by atoms with Crippen LogP contribution in [0.5, 0.6) is 0 Å². The van der Waals surface area contributed by atoms with E-state index in [0.29, 0.717) is 0 Å². The van der Waals surface area contributed by atoms with E-state index in [-0.39, 0.29) is 0 Å². The number of benzene rings is 2. The summed E-state index contributed by atoms with van der Waals surface area (Å²) in [5.74, 6) is 0. The molecule has 0 saturated heterocycles. The quantitative estimate of drug-likeness (QED) is 0.694. The largest absolute Gasteiger partial charge is 0.0984 e. The minimum Gasteiger partial charge on any atom is -0.0984 e. The molecule has 2 aromatic carbocycles. The number of aryl methyl sites for hydroxylation is 2. The molecule has 0 N–H and O–H groups in total. The lowest BCUT2D eigenvalue weighted by Crippen LogP contribution is -1.91.